The molecular weight excluding hydrogens is 242 g/mol. The zero-order chi connectivity index (χ0) is 13.8. The molecule has 1 heterocycles. The number of likely N-dealkylation sites (N-methyl/N-ethyl adjacent to an activating group) is 1. The molecule has 5 heteroatoms. The molecule has 0 saturated heterocycles. The van der Waals surface area contributed by atoms with E-state index in [9.17, 15) is 9.59 Å². The molecule has 1 aliphatic heterocycles. The molecule has 19 heavy (non-hydrogen) atoms. The molecule has 0 atom stereocenters. The third kappa shape index (κ3) is 2.93. The molecule has 1 aromatic rings. The van der Waals surface area contributed by atoms with Gasteiger partial charge in [0.1, 0.15) is 0 Å². The van der Waals surface area contributed by atoms with Crippen molar-refractivity contribution in [1.82, 2.24) is 10.6 Å². The summed E-state index contributed by atoms with van der Waals surface area (Å²) in [7, 11) is 3.62. The van der Waals surface area contributed by atoms with Gasteiger partial charge in [-0.25, -0.2) is 0 Å². The fraction of sp³-hybridized carbons (Fsp3) is 0.429. The number of nitrogens with one attached hydrogen (secondary N) is 2. The number of carbonyl (C=O) groups is 2. The van der Waals surface area contributed by atoms with Crippen LogP contribution in [0.4, 0.5) is 5.69 Å². The van der Waals surface area contributed by atoms with Crippen molar-refractivity contribution in [2.45, 2.75) is 12.8 Å². The van der Waals surface area contributed by atoms with Crippen LogP contribution >= 0.6 is 0 Å². The molecule has 2 amide bonds. The Bertz CT molecular complexity index is 499. The van der Waals surface area contributed by atoms with E-state index in [0.717, 1.165) is 17.8 Å². The first kappa shape index (κ1) is 13.5. The molecule has 0 aromatic heterocycles. The number of aryl methyl sites for hydroxylation is 1. The molecule has 0 bridgehead atoms. The Morgan fingerprint density at radius 3 is 2.84 bits per heavy atom. The average Bonchev–Trinajstić information content (AvgIpc) is 2.43. The zero-order valence-electron chi connectivity index (χ0n) is 11.3. The number of benzene rings is 1. The highest BCUT2D eigenvalue weighted by Crippen LogP contribution is 2.27. The van der Waals surface area contributed by atoms with E-state index < -0.39 is 0 Å². The van der Waals surface area contributed by atoms with Crippen LogP contribution in [0.1, 0.15) is 22.3 Å². The summed E-state index contributed by atoms with van der Waals surface area (Å²) in [5, 5.41) is 5.82. The van der Waals surface area contributed by atoms with E-state index in [2.05, 4.69) is 10.6 Å². The lowest BCUT2D eigenvalue weighted by molar-refractivity contribution is -0.118. The first-order valence-electron chi connectivity index (χ1n) is 6.45. The van der Waals surface area contributed by atoms with Crippen molar-refractivity contribution < 1.29 is 9.59 Å². The van der Waals surface area contributed by atoms with Crippen LogP contribution in [0.3, 0.4) is 0 Å². The van der Waals surface area contributed by atoms with E-state index in [1.54, 1.807) is 18.0 Å². The van der Waals surface area contributed by atoms with Crippen molar-refractivity contribution in [2.75, 3.05) is 32.1 Å². The number of carbonyl (C=O) groups excluding carboxylic acids is 2. The standard InChI is InChI=1S/C14H19N3O2/c1-15-7-8-16-14(19)11-3-5-12-10(9-11)4-6-13(18)17(12)2/h3,5,9,15H,4,6-8H2,1-2H3,(H,16,19). The predicted octanol–water partition coefficient (Wildman–Crippen LogP) is 0.545. The third-order valence-corrected chi connectivity index (χ3v) is 3.35. The summed E-state index contributed by atoms with van der Waals surface area (Å²) < 4.78 is 0. The van der Waals surface area contributed by atoms with Crippen LogP contribution in [0.5, 0.6) is 0 Å². The fourth-order valence-electron chi connectivity index (χ4n) is 2.20. The van der Waals surface area contributed by atoms with Crippen molar-refractivity contribution in [3.8, 4) is 0 Å². The van der Waals surface area contributed by atoms with E-state index in [1.807, 2.05) is 19.2 Å². The predicted molar refractivity (Wildman–Crippen MR) is 74.4 cm³/mol. The van der Waals surface area contributed by atoms with Gasteiger partial charge in [-0.2, -0.15) is 0 Å². The lowest BCUT2D eigenvalue weighted by Gasteiger charge is -2.26. The maximum absolute atomic E-state index is 11.9. The fourth-order valence-corrected chi connectivity index (χ4v) is 2.20. The normalized spacial score (nSPS) is 14.2. The molecule has 102 valence electrons. The highest BCUT2D eigenvalue weighted by atomic mass is 16.2. The average molecular weight is 261 g/mol. The van der Waals surface area contributed by atoms with E-state index in [0.29, 0.717) is 24.9 Å². The summed E-state index contributed by atoms with van der Waals surface area (Å²) >= 11 is 0. The topological polar surface area (TPSA) is 61.4 Å². The molecule has 2 N–H and O–H groups in total. The molecular formula is C14H19N3O2. The van der Waals surface area contributed by atoms with Crippen molar-refractivity contribution in [2.24, 2.45) is 0 Å². The highest BCUT2D eigenvalue weighted by Gasteiger charge is 2.21. The number of fused-ring (bicyclic) bond motifs is 1. The summed E-state index contributed by atoms with van der Waals surface area (Å²) in [6.45, 7) is 1.35. The summed E-state index contributed by atoms with van der Waals surface area (Å²) in [4.78, 5) is 25.2. The smallest absolute Gasteiger partial charge is 0.251 e. The molecule has 0 radical (unpaired) electrons. The second-order valence-corrected chi connectivity index (χ2v) is 4.66. The summed E-state index contributed by atoms with van der Waals surface area (Å²) in [6, 6.07) is 5.50. The molecule has 1 aromatic carbocycles. The molecule has 0 unspecified atom stereocenters. The van der Waals surface area contributed by atoms with Crippen LogP contribution < -0.4 is 15.5 Å². The first-order chi connectivity index (χ1) is 9.13. The maximum Gasteiger partial charge on any atom is 0.251 e. The first-order valence-corrected chi connectivity index (χ1v) is 6.45. The number of nitrogens with zero attached hydrogens (tertiary/aromatic N) is 1. The van der Waals surface area contributed by atoms with Gasteiger partial charge in [0.25, 0.3) is 5.91 Å². The van der Waals surface area contributed by atoms with Gasteiger partial charge in [0.05, 0.1) is 0 Å². The summed E-state index contributed by atoms with van der Waals surface area (Å²) in [5.41, 5.74) is 2.61. The van der Waals surface area contributed by atoms with Crippen LogP contribution in [0.2, 0.25) is 0 Å². The quantitative estimate of drug-likeness (QED) is 0.778. The largest absolute Gasteiger partial charge is 0.351 e. The Balaban J connectivity index is 2.13. The molecule has 0 fully saturated rings. The van der Waals surface area contributed by atoms with Crippen LogP contribution in [0, 0.1) is 0 Å². The Morgan fingerprint density at radius 1 is 1.32 bits per heavy atom. The van der Waals surface area contributed by atoms with Crippen molar-refractivity contribution in [1.29, 1.82) is 0 Å². The Hall–Kier alpha value is -1.88. The Morgan fingerprint density at radius 2 is 2.11 bits per heavy atom. The van der Waals surface area contributed by atoms with E-state index in [-0.39, 0.29) is 11.8 Å². The van der Waals surface area contributed by atoms with Gasteiger partial charge in [0.2, 0.25) is 5.91 Å². The monoisotopic (exact) mass is 261 g/mol. The zero-order valence-corrected chi connectivity index (χ0v) is 11.3. The molecule has 0 aliphatic carbocycles. The van der Waals surface area contributed by atoms with Gasteiger partial charge >= 0.3 is 0 Å². The highest BCUT2D eigenvalue weighted by molar-refractivity contribution is 5.98. The minimum Gasteiger partial charge on any atom is -0.351 e. The maximum atomic E-state index is 11.9. The van der Waals surface area contributed by atoms with Crippen molar-refractivity contribution in [3.63, 3.8) is 0 Å². The summed E-state index contributed by atoms with van der Waals surface area (Å²) in [6.07, 6.45) is 1.21. The van der Waals surface area contributed by atoms with Crippen LogP contribution in [0.25, 0.3) is 0 Å². The minimum atomic E-state index is -0.0717. The Labute approximate surface area is 113 Å². The van der Waals surface area contributed by atoms with Crippen molar-refractivity contribution in [3.05, 3.63) is 29.3 Å². The lowest BCUT2D eigenvalue weighted by Crippen LogP contribution is -2.32. The SMILES string of the molecule is CNCCNC(=O)c1ccc2c(c1)CCC(=O)N2C. The molecule has 0 saturated carbocycles. The number of amides is 2. The molecule has 1 aliphatic rings. The second-order valence-electron chi connectivity index (χ2n) is 4.66. The van der Waals surface area contributed by atoms with Gasteiger partial charge in [0, 0.05) is 37.8 Å². The van der Waals surface area contributed by atoms with Crippen LogP contribution in [-0.2, 0) is 11.2 Å². The molecule has 5 nitrogen and oxygen atoms in total. The van der Waals surface area contributed by atoms with Gasteiger partial charge in [0.15, 0.2) is 0 Å². The number of hydrogen-bond acceptors (Lipinski definition) is 3. The van der Waals surface area contributed by atoms with Gasteiger partial charge in [-0.1, -0.05) is 0 Å². The minimum absolute atomic E-state index is 0.0717. The number of rotatable bonds is 4. The van der Waals surface area contributed by atoms with Gasteiger partial charge in [-0.3, -0.25) is 9.59 Å². The Kier molecular flexibility index (Phi) is 4.16. The number of hydrogen-bond donors (Lipinski definition) is 2. The van der Waals surface area contributed by atoms with Crippen LogP contribution in [0.15, 0.2) is 18.2 Å². The van der Waals surface area contributed by atoms with Gasteiger partial charge in [-0.05, 0) is 37.2 Å². The van der Waals surface area contributed by atoms with E-state index in [1.165, 1.54) is 0 Å². The lowest BCUT2D eigenvalue weighted by atomic mass is 9.99. The molecule has 0 spiro atoms. The number of anilines is 1. The van der Waals surface area contributed by atoms with Gasteiger partial charge < -0.3 is 15.5 Å². The summed E-state index contributed by atoms with van der Waals surface area (Å²) in [5.74, 6) is 0.0522. The van der Waals surface area contributed by atoms with Crippen molar-refractivity contribution >= 4 is 17.5 Å². The second kappa shape index (κ2) is 5.84. The van der Waals surface area contributed by atoms with Gasteiger partial charge in [-0.15, -0.1) is 0 Å². The molecule has 2 rings (SSSR count). The van der Waals surface area contributed by atoms with Crippen LogP contribution in [-0.4, -0.2) is 39.0 Å². The van der Waals surface area contributed by atoms with E-state index in [4.69, 9.17) is 0 Å². The third-order valence-electron chi connectivity index (χ3n) is 3.35. The van der Waals surface area contributed by atoms with E-state index >= 15 is 0 Å².